The Hall–Kier alpha value is -2.75. The van der Waals surface area contributed by atoms with Crippen LogP contribution in [0.5, 0.6) is 0 Å². The van der Waals surface area contributed by atoms with E-state index in [1.807, 2.05) is 37.4 Å². The van der Waals surface area contributed by atoms with Crippen LogP contribution in [0.3, 0.4) is 0 Å². The Morgan fingerprint density at radius 2 is 1.91 bits per heavy atom. The first-order valence-electron chi connectivity index (χ1n) is 10.8. The van der Waals surface area contributed by atoms with Crippen LogP contribution in [-0.2, 0) is 0 Å². The number of fused-ring (bicyclic) bond motifs is 1. The SMILES string of the molecule is CC.Cc1cnc2ccc(N3CC[C@H](NC(=O)c4nsc(Cl)c4Cl)C3)nn12.Fc1ccccc1. The highest BCUT2D eigenvalue weighted by atomic mass is 35.5. The van der Waals surface area contributed by atoms with Crippen molar-refractivity contribution in [2.24, 2.45) is 0 Å². The molecule has 1 N–H and O–H groups in total. The van der Waals surface area contributed by atoms with Crippen LogP contribution in [0.25, 0.3) is 5.65 Å². The van der Waals surface area contributed by atoms with Crippen LogP contribution >= 0.6 is 34.7 Å². The first-order valence-corrected chi connectivity index (χ1v) is 12.3. The van der Waals surface area contributed by atoms with Crippen LogP contribution in [0, 0.1) is 12.7 Å². The van der Waals surface area contributed by atoms with Crippen LogP contribution in [0.2, 0.25) is 9.36 Å². The number of benzene rings is 1. The van der Waals surface area contributed by atoms with Crippen molar-refractivity contribution in [1.29, 1.82) is 0 Å². The Balaban J connectivity index is 0.000000306. The molecule has 1 atom stereocenters. The number of aromatic nitrogens is 4. The minimum Gasteiger partial charge on any atom is -0.353 e. The third-order valence-electron chi connectivity index (χ3n) is 4.91. The van der Waals surface area contributed by atoms with Crippen molar-refractivity contribution in [3.8, 4) is 0 Å². The van der Waals surface area contributed by atoms with Gasteiger partial charge in [-0.1, -0.05) is 55.2 Å². The van der Waals surface area contributed by atoms with E-state index in [2.05, 4.69) is 24.7 Å². The number of nitrogens with zero attached hydrogens (tertiary/aromatic N) is 5. The molecule has 0 bridgehead atoms. The molecule has 1 aliphatic heterocycles. The quantitative estimate of drug-likeness (QED) is 0.375. The van der Waals surface area contributed by atoms with Gasteiger partial charge >= 0.3 is 0 Å². The van der Waals surface area contributed by atoms with Gasteiger partial charge in [-0.15, -0.1) is 5.10 Å². The summed E-state index contributed by atoms with van der Waals surface area (Å²) in [5.41, 5.74) is 1.99. The van der Waals surface area contributed by atoms with E-state index in [-0.39, 0.29) is 28.5 Å². The Labute approximate surface area is 211 Å². The molecular formula is C23H25Cl2FN6OS. The summed E-state index contributed by atoms with van der Waals surface area (Å²) < 4.78 is 18.1. The van der Waals surface area contributed by atoms with Crippen LogP contribution < -0.4 is 10.2 Å². The average Bonchev–Trinajstić information content (AvgIpc) is 3.56. The molecule has 1 amide bonds. The topological polar surface area (TPSA) is 75.4 Å². The van der Waals surface area contributed by atoms with Crippen molar-refractivity contribution in [3.63, 3.8) is 0 Å². The molecule has 7 nitrogen and oxygen atoms in total. The number of anilines is 1. The fraction of sp³-hybridized carbons (Fsp3) is 0.304. The predicted molar refractivity (Wildman–Crippen MR) is 136 cm³/mol. The number of hydrogen-bond donors (Lipinski definition) is 1. The second kappa shape index (κ2) is 12.1. The second-order valence-corrected chi connectivity index (χ2v) is 8.93. The number of aryl methyl sites for hydroxylation is 1. The molecule has 0 aliphatic carbocycles. The van der Waals surface area contributed by atoms with Crippen LogP contribution in [0.4, 0.5) is 10.2 Å². The Morgan fingerprint density at radius 3 is 2.53 bits per heavy atom. The van der Waals surface area contributed by atoms with E-state index in [4.69, 9.17) is 23.2 Å². The number of rotatable bonds is 3. The lowest BCUT2D eigenvalue weighted by Crippen LogP contribution is -2.37. The third-order valence-corrected chi connectivity index (χ3v) is 6.52. The summed E-state index contributed by atoms with van der Waals surface area (Å²) in [6.45, 7) is 7.45. The Bertz CT molecular complexity index is 1230. The molecule has 1 aliphatic rings. The number of amides is 1. The highest BCUT2D eigenvalue weighted by molar-refractivity contribution is 7.11. The molecular weight excluding hydrogens is 498 g/mol. The maximum Gasteiger partial charge on any atom is 0.272 e. The van der Waals surface area contributed by atoms with Crippen molar-refractivity contribution in [2.45, 2.75) is 33.2 Å². The standard InChI is InChI=1S/C15H14Cl2N6OS.C6H5F.C2H6/c1-8-6-18-10-2-3-11(20-23(8)10)22-5-4-9(7-22)19-15(24)13-12(16)14(17)25-21-13;7-6-4-2-1-3-5-6;1-2/h2-3,6,9H,4-5,7H2,1H3,(H,19,24);1-5H;1-2H3/t9-;;/m0../s1. The van der Waals surface area contributed by atoms with Gasteiger partial charge in [0.05, 0.1) is 11.9 Å². The highest BCUT2D eigenvalue weighted by Gasteiger charge is 2.27. The molecule has 0 spiro atoms. The van der Waals surface area contributed by atoms with E-state index in [1.54, 1.807) is 24.4 Å². The van der Waals surface area contributed by atoms with Gasteiger partial charge in [-0.2, -0.15) is 4.37 Å². The van der Waals surface area contributed by atoms with E-state index in [9.17, 15) is 9.18 Å². The van der Waals surface area contributed by atoms with Crippen molar-refractivity contribution in [2.75, 3.05) is 18.0 Å². The van der Waals surface area contributed by atoms with E-state index >= 15 is 0 Å². The lowest BCUT2D eigenvalue weighted by atomic mass is 10.2. The minimum atomic E-state index is -0.297. The molecule has 0 unspecified atom stereocenters. The summed E-state index contributed by atoms with van der Waals surface area (Å²) in [7, 11) is 0. The predicted octanol–water partition coefficient (Wildman–Crippen LogP) is 5.66. The highest BCUT2D eigenvalue weighted by Crippen LogP contribution is 2.29. The molecule has 4 heterocycles. The summed E-state index contributed by atoms with van der Waals surface area (Å²) in [6.07, 6.45) is 2.62. The minimum absolute atomic E-state index is 0.00502. The van der Waals surface area contributed by atoms with E-state index < -0.39 is 0 Å². The van der Waals surface area contributed by atoms with E-state index in [0.717, 1.165) is 41.7 Å². The summed E-state index contributed by atoms with van der Waals surface area (Å²) >= 11 is 12.9. The second-order valence-electron chi connectivity index (χ2n) is 7.18. The number of halogens is 3. The number of hydrogen-bond acceptors (Lipinski definition) is 6. The van der Waals surface area contributed by atoms with Crippen LogP contribution in [0.1, 0.15) is 36.5 Å². The molecule has 1 saturated heterocycles. The fourth-order valence-corrected chi connectivity index (χ4v) is 4.30. The maximum atomic E-state index is 12.3. The number of carbonyl (C=O) groups is 1. The molecule has 0 saturated carbocycles. The monoisotopic (exact) mass is 522 g/mol. The first kappa shape index (κ1) is 25.9. The van der Waals surface area contributed by atoms with E-state index in [1.165, 1.54) is 12.1 Å². The van der Waals surface area contributed by atoms with Crippen molar-refractivity contribution in [3.05, 3.63) is 75.2 Å². The number of nitrogens with one attached hydrogen (secondary N) is 1. The fourth-order valence-electron chi connectivity index (χ4n) is 3.30. The smallest absolute Gasteiger partial charge is 0.272 e. The Morgan fingerprint density at radius 1 is 1.18 bits per heavy atom. The van der Waals surface area contributed by atoms with Crippen LogP contribution in [0.15, 0.2) is 48.7 Å². The lowest BCUT2D eigenvalue weighted by Gasteiger charge is -2.18. The molecule has 1 fully saturated rings. The van der Waals surface area contributed by atoms with Gasteiger partial charge in [0.1, 0.15) is 21.0 Å². The zero-order valence-electron chi connectivity index (χ0n) is 19.0. The van der Waals surface area contributed by atoms with Crippen molar-refractivity contribution < 1.29 is 9.18 Å². The molecule has 180 valence electrons. The van der Waals surface area contributed by atoms with E-state index in [0.29, 0.717) is 10.9 Å². The van der Waals surface area contributed by atoms with Gasteiger partial charge in [-0.3, -0.25) is 4.79 Å². The zero-order valence-corrected chi connectivity index (χ0v) is 21.3. The van der Waals surface area contributed by atoms with Crippen LogP contribution in [-0.4, -0.2) is 44.0 Å². The molecule has 11 heteroatoms. The lowest BCUT2D eigenvalue weighted by molar-refractivity contribution is 0.0936. The summed E-state index contributed by atoms with van der Waals surface area (Å²) in [5.74, 6) is 0.386. The molecule has 0 radical (unpaired) electrons. The van der Waals surface area contributed by atoms with Gasteiger partial charge in [0.2, 0.25) is 0 Å². The summed E-state index contributed by atoms with van der Waals surface area (Å²) in [6, 6.07) is 11.8. The van der Waals surface area contributed by atoms with Crippen molar-refractivity contribution in [1.82, 2.24) is 24.3 Å². The summed E-state index contributed by atoms with van der Waals surface area (Å²) in [5, 5.41) is 7.80. The van der Waals surface area contributed by atoms with Gasteiger partial charge in [0.25, 0.3) is 5.91 Å². The largest absolute Gasteiger partial charge is 0.353 e. The van der Waals surface area contributed by atoms with Gasteiger partial charge in [0, 0.05) is 19.1 Å². The average molecular weight is 523 g/mol. The molecule has 3 aromatic heterocycles. The maximum absolute atomic E-state index is 12.3. The van der Waals surface area contributed by atoms with Crippen molar-refractivity contribution >= 4 is 52.1 Å². The molecule has 4 aromatic rings. The molecule has 34 heavy (non-hydrogen) atoms. The van der Waals surface area contributed by atoms with Gasteiger partial charge in [0.15, 0.2) is 11.3 Å². The number of imidazole rings is 1. The van der Waals surface area contributed by atoms with Gasteiger partial charge in [-0.25, -0.2) is 13.9 Å². The van der Waals surface area contributed by atoms with Gasteiger partial charge in [-0.05, 0) is 49.1 Å². The first-order chi connectivity index (χ1) is 16.4. The molecule has 1 aromatic carbocycles. The zero-order chi connectivity index (χ0) is 24.7. The third kappa shape index (κ3) is 6.22. The Kier molecular flexibility index (Phi) is 9.20. The van der Waals surface area contributed by atoms with Gasteiger partial charge < -0.3 is 10.2 Å². The number of carbonyl (C=O) groups excluding carboxylic acids is 1. The summed E-state index contributed by atoms with van der Waals surface area (Å²) in [4.78, 5) is 18.7. The molecule has 5 rings (SSSR count). The normalized spacial score (nSPS) is 14.8.